The molecule has 0 aliphatic rings. The van der Waals surface area contributed by atoms with Gasteiger partial charge in [-0.25, -0.2) is 15.0 Å². The first kappa shape index (κ1) is 20.3. The molecule has 0 aliphatic heterocycles. The highest BCUT2D eigenvalue weighted by Crippen LogP contribution is 2.22. The fourth-order valence-electron chi connectivity index (χ4n) is 2.67. The third kappa shape index (κ3) is 6.07. The van der Waals surface area contributed by atoms with Gasteiger partial charge in [-0.3, -0.25) is 4.90 Å². The summed E-state index contributed by atoms with van der Waals surface area (Å²) in [6.45, 7) is 3.90. The summed E-state index contributed by atoms with van der Waals surface area (Å²) >= 11 is 1.57. The zero-order chi connectivity index (χ0) is 19.6. The first-order valence-electron chi connectivity index (χ1n) is 9.07. The molecule has 0 saturated carbocycles. The average Bonchev–Trinajstić information content (AvgIpc) is 3.26. The second-order valence-electron chi connectivity index (χ2n) is 6.18. The van der Waals surface area contributed by atoms with Gasteiger partial charge >= 0.3 is 0 Å². The monoisotopic (exact) mass is 399 g/mol. The van der Waals surface area contributed by atoms with Crippen LogP contribution in [0.15, 0.2) is 48.1 Å². The summed E-state index contributed by atoms with van der Waals surface area (Å²) in [4.78, 5) is 15.7. The van der Waals surface area contributed by atoms with Crippen LogP contribution in [0.1, 0.15) is 5.56 Å². The first-order chi connectivity index (χ1) is 13.8. The van der Waals surface area contributed by atoms with E-state index in [1.54, 1.807) is 31.8 Å². The second-order valence-corrected chi connectivity index (χ2v) is 7.08. The molecule has 0 fully saturated rings. The topological polar surface area (TPSA) is 72.4 Å². The van der Waals surface area contributed by atoms with Crippen LogP contribution in [0.25, 0.3) is 10.7 Å². The van der Waals surface area contributed by atoms with Gasteiger partial charge in [0.25, 0.3) is 0 Å². The van der Waals surface area contributed by atoms with Gasteiger partial charge in [-0.05, 0) is 23.8 Å². The minimum Gasteiger partial charge on any atom is -0.383 e. The molecule has 3 aromatic rings. The molecule has 0 aromatic carbocycles. The van der Waals surface area contributed by atoms with E-state index in [1.165, 1.54) is 0 Å². The van der Waals surface area contributed by atoms with Gasteiger partial charge in [0.15, 0.2) is 0 Å². The highest BCUT2D eigenvalue weighted by Gasteiger charge is 2.07. The number of hydrogen-bond donors (Lipinski definition) is 1. The van der Waals surface area contributed by atoms with E-state index in [0.29, 0.717) is 13.2 Å². The van der Waals surface area contributed by atoms with Crippen molar-refractivity contribution in [2.75, 3.05) is 45.8 Å². The number of hydrogen-bond acceptors (Lipinski definition) is 8. The van der Waals surface area contributed by atoms with E-state index >= 15 is 0 Å². The Bertz CT molecular complexity index is 819. The summed E-state index contributed by atoms with van der Waals surface area (Å²) in [5, 5.41) is 6.10. The normalized spacial score (nSPS) is 11.1. The molecule has 3 rings (SSSR count). The Hall–Kier alpha value is -2.39. The number of aromatic nitrogens is 3. The SMILES string of the molecule is COCCN(CCOC)Cc1ccc(Nc2cccc(-c3nccs3)n2)nc1. The molecule has 1 N–H and O–H groups in total. The Morgan fingerprint density at radius 3 is 2.46 bits per heavy atom. The number of pyridine rings is 2. The molecule has 3 heterocycles. The van der Waals surface area contributed by atoms with E-state index < -0.39 is 0 Å². The van der Waals surface area contributed by atoms with Gasteiger partial charge in [0.2, 0.25) is 0 Å². The van der Waals surface area contributed by atoms with E-state index in [2.05, 4.69) is 31.2 Å². The zero-order valence-corrected chi connectivity index (χ0v) is 17.0. The molecular formula is C20H25N5O2S. The quantitative estimate of drug-likeness (QED) is 0.529. The van der Waals surface area contributed by atoms with Crippen LogP contribution in [0.3, 0.4) is 0 Å². The number of anilines is 2. The number of nitrogens with one attached hydrogen (secondary N) is 1. The van der Waals surface area contributed by atoms with E-state index in [9.17, 15) is 0 Å². The lowest BCUT2D eigenvalue weighted by Crippen LogP contribution is -2.30. The number of methoxy groups -OCH3 is 2. The van der Waals surface area contributed by atoms with E-state index in [1.807, 2.05) is 35.8 Å². The maximum Gasteiger partial charge on any atom is 0.141 e. The van der Waals surface area contributed by atoms with Gasteiger partial charge in [0.05, 0.1) is 13.2 Å². The Labute approximate surface area is 169 Å². The molecule has 28 heavy (non-hydrogen) atoms. The Morgan fingerprint density at radius 2 is 1.82 bits per heavy atom. The predicted molar refractivity (Wildman–Crippen MR) is 112 cm³/mol. The van der Waals surface area contributed by atoms with Gasteiger partial charge in [-0.1, -0.05) is 12.1 Å². The third-order valence-electron chi connectivity index (χ3n) is 4.11. The molecule has 3 aromatic heterocycles. The molecule has 7 nitrogen and oxygen atoms in total. The van der Waals surface area contributed by atoms with Crippen molar-refractivity contribution in [1.29, 1.82) is 0 Å². The Morgan fingerprint density at radius 1 is 1.00 bits per heavy atom. The summed E-state index contributed by atoms with van der Waals surface area (Å²) in [6, 6.07) is 9.88. The van der Waals surface area contributed by atoms with Crippen molar-refractivity contribution in [3.05, 3.63) is 53.7 Å². The van der Waals surface area contributed by atoms with Crippen molar-refractivity contribution in [3.63, 3.8) is 0 Å². The summed E-state index contributed by atoms with van der Waals surface area (Å²) in [6.07, 6.45) is 3.67. The van der Waals surface area contributed by atoms with Gasteiger partial charge in [-0.15, -0.1) is 11.3 Å². The van der Waals surface area contributed by atoms with Crippen LogP contribution < -0.4 is 5.32 Å². The van der Waals surface area contributed by atoms with E-state index in [0.717, 1.165) is 47.5 Å². The van der Waals surface area contributed by atoms with Gasteiger partial charge < -0.3 is 14.8 Å². The Balaban J connectivity index is 1.61. The molecule has 0 atom stereocenters. The van der Waals surface area contributed by atoms with Crippen molar-refractivity contribution in [3.8, 4) is 10.7 Å². The number of nitrogens with zero attached hydrogens (tertiary/aromatic N) is 4. The van der Waals surface area contributed by atoms with Crippen LogP contribution in [0, 0.1) is 0 Å². The molecule has 0 aliphatic carbocycles. The summed E-state index contributed by atoms with van der Waals surface area (Å²) in [5.74, 6) is 1.50. The molecule has 0 bridgehead atoms. The predicted octanol–water partition coefficient (Wildman–Crippen LogP) is 3.44. The van der Waals surface area contributed by atoms with Crippen molar-refractivity contribution in [2.24, 2.45) is 0 Å². The highest BCUT2D eigenvalue weighted by atomic mass is 32.1. The number of rotatable bonds is 11. The van der Waals surface area contributed by atoms with Gasteiger partial charge in [0.1, 0.15) is 22.3 Å². The van der Waals surface area contributed by atoms with E-state index in [-0.39, 0.29) is 0 Å². The van der Waals surface area contributed by atoms with Gasteiger partial charge in [0, 0.05) is 51.6 Å². The van der Waals surface area contributed by atoms with Crippen molar-refractivity contribution >= 4 is 23.0 Å². The standard InChI is InChI=1S/C20H25N5O2S/c1-26-11-9-25(10-12-27-2)15-16-6-7-18(22-14-16)24-19-5-3-4-17(23-19)20-21-8-13-28-20/h3-8,13-14H,9-12,15H2,1-2H3,(H,22,23,24). The molecule has 148 valence electrons. The highest BCUT2D eigenvalue weighted by molar-refractivity contribution is 7.13. The Kier molecular flexibility index (Phi) is 7.86. The minimum absolute atomic E-state index is 0.692. The fraction of sp³-hybridized carbons (Fsp3) is 0.350. The van der Waals surface area contributed by atoms with Crippen LogP contribution >= 0.6 is 11.3 Å². The first-order valence-corrected chi connectivity index (χ1v) is 9.95. The summed E-state index contributed by atoms with van der Waals surface area (Å²) < 4.78 is 10.4. The minimum atomic E-state index is 0.692. The van der Waals surface area contributed by atoms with Crippen molar-refractivity contribution < 1.29 is 9.47 Å². The lowest BCUT2D eigenvalue weighted by atomic mass is 10.2. The maximum absolute atomic E-state index is 5.19. The molecule has 0 spiro atoms. The molecule has 0 radical (unpaired) electrons. The maximum atomic E-state index is 5.19. The third-order valence-corrected chi connectivity index (χ3v) is 4.91. The summed E-state index contributed by atoms with van der Waals surface area (Å²) in [5.41, 5.74) is 1.99. The van der Waals surface area contributed by atoms with Crippen LogP contribution in [-0.2, 0) is 16.0 Å². The van der Waals surface area contributed by atoms with Crippen LogP contribution in [0.5, 0.6) is 0 Å². The molecular weight excluding hydrogens is 374 g/mol. The number of ether oxygens (including phenoxy) is 2. The lowest BCUT2D eigenvalue weighted by molar-refractivity contribution is 0.110. The average molecular weight is 400 g/mol. The fourth-order valence-corrected chi connectivity index (χ4v) is 3.27. The van der Waals surface area contributed by atoms with Crippen LogP contribution in [0.4, 0.5) is 11.6 Å². The molecule has 8 heteroatoms. The zero-order valence-electron chi connectivity index (χ0n) is 16.2. The number of thiazole rings is 1. The summed E-state index contributed by atoms with van der Waals surface area (Å²) in [7, 11) is 3.43. The van der Waals surface area contributed by atoms with Crippen molar-refractivity contribution in [2.45, 2.75) is 6.54 Å². The van der Waals surface area contributed by atoms with Crippen LogP contribution in [0.2, 0.25) is 0 Å². The van der Waals surface area contributed by atoms with Gasteiger partial charge in [-0.2, -0.15) is 0 Å². The molecule has 0 saturated heterocycles. The molecule has 0 amide bonds. The van der Waals surface area contributed by atoms with E-state index in [4.69, 9.17) is 9.47 Å². The second kappa shape index (κ2) is 10.8. The van der Waals surface area contributed by atoms with Crippen LogP contribution in [-0.4, -0.2) is 60.4 Å². The lowest BCUT2D eigenvalue weighted by Gasteiger charge is -2.21. The molecule has 0 unspecified atom stereocenters. The smallest absolute Gasteiger partial charge is 0.141 e. The largest absolute Gasteiger partial charge is 0.383 e. The van der Waals surface area contributed by atoms with Crippen molar-refractivity contribution in [1.82, 2.24) is 19.9 Å².